The molecule has 0 unspecified atom stereocenters. The normalized spacial score (nSPS) is 22.9. The highest BCUT2D eigenvalue weighted by atomic mass is 15.3. The summed E-state index contributed by atoms with van der Waals surface area (Å²) in [6, 6.07) is 0.312. The van der Waals surface area contributed by atoms with Gasteiger partial charge in [0.05, 0.1) is 0 Å². The maximum Gasteiger partial charge on any atom is 0.0139 e. The summed E-state index contributed by atoms with van der Waals surface area (Å²) in [5.74, 6) is 0.787. The third-order valence-electron chi connectivity index (χ3n) is 2.63. The van der Waals surface area contributed by atoms with Gasteiger partial charge in [0, 0.05) is 45.3 Å². The van der Waals surface area contributed by atoms with Gasteiger partial charge in [-0.3, -0.25) is 4.90 Å². The van der Waals surface area contributed by atoms with Gasteiger partial charge in [-0.25, -0.2) is 0 Å². The Balaban J connectivity index is 2.17. The Morgan fingerprint density at radius 2 is 1.36 bits per heavy atom. The molecular formula is C11H25N3. The van der Waals surface area contributed by atoms with E-state index in [9.17, 15) is 0 Å². The predicted molar refractivity (Wildman–Crippen MR) is 61.4 cm³/mol. The molecule has 0 radical (unpaired) electrons. The molecular weight excluding hydrogens is 174 g/mol. The third kappa shape index (κ3) is 4.40. The van der Waals surface area contributed by atoms with Crippen LogP contribution in [0, 0.1) is 5.92 Å². The molecule has 14 heavy (non-hydrogen) atoms. The van der Waals surface area contributed by atoms with E-state index in [-0.39, 0.29) is 0 Å². The first-order valence-electron chi connectivity index (χ1n) is 5.78. The van der Waals surface area contributed by atoms with Crippen molar-refractivity contribution in [2.75, 3.05) is 39.3 Å². The van der Waals surface area contributed by atoms with E-state index in [4.69, 9.17) is 5.73 Å². The molecule has 2 N–H and O–H groups in total. The quantitative estimate of drug-likeness (QED) is 0.720. The largest absolute Gasteiger partial charge is 0.327 e. The van der Waals surface area contributed by atoms with E-state index in [1.54, 1.807) is 0 Å². The highest BCUT2D eigenvalue weighted by Crippen LogP contribution is 2.05. The van der Waals surface area contributed by atoms with Gasteiger partial charge in [0.2, 0.25) is 0 Å². The second kappa shape index (κ2) is 5.69. The summed E-state index contributed by atoms with van der Waals surface area (Å²) >= 11 is 0. The SMILES string of the molecule is CC(C)CN1CCN(C[C@@H](C)N)CC1. The van der Waals surface area contributed by atoms with Gasteiger partial charge in [-0.05, 0) is 12.8 Å². The van der Waals surface area contributed by atoms with Gasteiger partial charge < -0.3 is 10.6 Å². The number of rotatable bonds is 4. The monoisotopic (exact) mass is 199 g/mol. The van der Waals surface area contributed by atoms with Crippen LogP contribution in [0.15, 0.2) is 0 Å². The highest BCUT2D eigenvalue weighted by Gasteiger charge is 2.17. The highest BCUT2D eigenvalue weighted by molar-refractivity contribution is 4.74. The van der Waals surface area contributed by atoms with Crippen LogP contribution in [-0.4, -0.2) is 55.1 Å². The van der Waals surface area contributed by atoms with E-state index >= 15 is 0 Å². The number of hydrogen-bond donors (Lipinski definition) is 1. The summed E-state index contributed by atoms with van der Waals surface area (Å²) < 4.78 is 0. The van der Waals surface area contributed by atoms with Gasteiger partial charge in [-0.2, -0.15) is 0 Å². The molecule has 0 bridgehead atoms. The average molecular weight is 199 g/mol. The summed E-state index contributed by atoms with van der Waals surface area (Å²) in [6.07, 6.45) is 0. The van der Waals surface area contributed by atoms with Gasteiger partial charge in [-0.15, -0.1) is 0 Å². The van der Waals surface area contributed by atoms with Crippen LogP contribution in [0.4, 0.5) is 0 Å². The molecule has 1 atom stereocenters. The lowest BCUT2D eigenvalue weighted by atomic mass is 10.2. The van der Waals surface area contributed by atoms with Crippen LogP contribution < -0.4 is 5.73 Å². The Morgan fingerprint density at radius 3 is 1.71 bits per heavy atom. The Kier molecular flexibility index (Phi) is 4.85. The van der Waals surface area contributed by atoms with Crippen LogP contribution in [0.25, 0.3) is 0 Å². The topological polar surface area (TPSA) is 32.5 Å². The summed E-state index contributed by atoms with van der Waals surface area (Å²) in [6.45, 7) is 13.8. The molecule has 1 rings (SSSR count). The van der Waals surface area contributed by atoms with Gasteiger partial charge in [-0.1, -0.05) is 13.8 Å². The van der Waals surface area contributed by atoms with Gasteiger partial charge >= 0.3 is 0 Å². The maximum atomic E-state index is 5.78. The van der Waals surface area contributed by atoms with E-state index in [1.807, 2.05) is 0 Å². The number of piperazine rings is 1. The first-order chi connectivity index (χ1) is 6.58. The fraction of sp³-hybridized carbons (Fsp3) is 1.00. The fourth-order valence-corrected chi connectivity index (χ4v) is 2.08. The minimum Gasteiger partial charge on any atom is -0.327 e. The van der Waals surface area contributed by atoms with Crippen molar-refractivity contribution in [1.82, 2.24) is 9.80 Å². The molecule has 3 heteroatoms. The van der Waals surface area contributed by atoms with E-state index in [2.05, 4.69) is 30.6 Å². The molecule has 1 aliphatic heterocycles. The Morgan fingerprint density at radius 1 is 0.929 bits per heavy atom. The van der Waals surface area contributed by atoms with Crippen LogP contribution >= 0.6 is 0 Å². The first kappa shape index (κ1) is 12.0. The zero-order valence-corrected chi connectivity index (χ0v) is 9.87. The zero-order valence-electron chi connectivity index (χ0n) is 9.87. The van der Waals surface area contributed by atoms with E-state index in [0.29, 0.717) is 6.04 Å². The molecule has 0 aromatic rings. The molecule has 0 saturated carbocycles. The third-order valence-corrected chi connectivity index (χ3v) is 2.63. The molecule has 1 saturated heterocycles. The molecule has 0 amide bonds. The van der Waals surface area contributed by atoms with Crippen LogP contribution in [0.5, 0.6) is 0 Å². The first-order valence-corrected chi connectivity index (χ1v) is 5.78. The molecule has 0 spiro atoms. The second-order valence-corrected chi connectivity index (χ2v) is 4.97. The lowest BCUT2D eigenvalue weighted by Crippen LogP contribution is -2.49. The second-order valence-electron chi connectivity index (χ2n) is 4.97. The summed E-state index contributed by atoms with van der Waals surface area (Å²) in [5, 5.41) is 0. The lowest BCUT2D eigenvalue weighted by molar-refractivity contribution is 0.119. The van der Waals surface area contributed by atoms with Gasteiger partial charge in [0.15, 0.2) is 0 Å². The molecule has 0 aromatic heterocycles. The number of nitrogens with zero attached hydrogens (tertiary/aromatic N) is 2. The smallest absolute Gasteiger partial charge is 0.0139 e. The minimum absolute atomic E-state index is 0.312. The maximum absolute atomic E-state index is 5.78. The van der Waals surface area contributed by atoms with Crippen molar-refractivity contribution in [3.8, 4) is 0 Å². The standard InChI is InChI=1S/C11H25N3/c1-10(2)8-13-4-6-14(7-5-13)9-11(3)12/h10-11H,4-9,12H2,1-3H3/t11-/m1/s1. The van der Waals surface area contributed by atoms with Crippen molar-refractivity contribution in [2.24, 2.45) is 11.7 Å². The summed E-state index contributed by atoms with van der Waals surface area (Å²) in [7, 11) is 0. The lowest BCUT2D eigenvalue weighted by Gasteiger charge is -2.36. The van der Waals surface area contributed by atoms with Crippen molar-refractivity contribution in [1.29, 1.82) is 0 Å². The van der Waals surface area contributed by atoms with Crippen molar-refractivity contribution in [3.05, 3.63) is 0 Å². The minimum atomic E-state index is 0.312. The predicted octanol–water partition coefficient (Wildman–Crippen LogP) is 0.607. The molecule has 3 nitrogen and oxygen atoms in total. The molecule has 0 aromatic carbocycles. The zero-order chi connectivity index (χ0) is 10.6. The van der Waals surface area contributed by atoms with E-state index in [0.717, 1.165) is 12.5 Å². The molecule has 1 aliphatic rings. The number of hydrogen-bond acceptors (Lipinski definition) is 3. The Bertz CT molecular complexity index is 131. The Hall–Kier alpha value is -0.120. The average Bonchev–Trinajstić information content (AvgIpc) is 2.06. The molecule has 0 aliphatic carbocycles. The van der Waals surface area contributed by atoms with Crippen molar-refractivity contribution in [3.63, 3.8) is 0 Å². The molecule has 84 valence electrons. The van der Waals surface area contributed by atoms with Crippen molar-refractivity contribution in [2.45, 2.75) is 26.8 Å². The van der Waals surface area contributed by atoms with Crippen LogP contribution in [-0.2, 0) is 0 Å². The van der Waals surface area contributed by atoms with E-state index in [1.165, 1.54) is 32.7 Å². The van der Waals surface area contributed by atoms with E-state index < -0.39 is 0 Å². The van der Waals surface area contributed by atoms with Gasteiger partial charge in [0.1, 0.15) is 0 Å². The van der Waals surface area contributed by atoms with Crippen LogP contribution in [0.2, 0.25) is 0 Å². The van der Waals surface area contributed by atoms with Crippen LogP contribution in [0.3, 0.4) is 0 Å². The van der Waals surface area contributed by atoms with Crippen molar-refractivity contribution >= 4 is 0 Å². The molecule has 1 heterocycles. The Labute approximate surface area is 88.2 Å². The van der Waals surface area contributed by atoms with Crippen molar-refractivity contribution < 1.29 is 0 Å². The van der Waals surface area contributed by atoms with Crippen LogP contribution in [0.1, 0.15) is 20.8 Å². The summed E-state index contributed by atoms with van der Waals surface area (Å²) in [4.78, 5) is 5.03. The summed E-state index contributed by atoms with van der Waals surface area (Å²) in [5.41, 5.74) is 5.78. The fourth-order valence-electron chi connectivity index (χ4n) is 2.08. The van der Waals surface area contributed by atoms with Gasteiger partial charge in [0.25, 0.3) is 0 Å². The molecule has 1 fully saturated rings. The number of nitrogens with two attached hydrogens (primary N) is 1.